The van der Waals surface area contributed by atoms with Gasteiger partial charge in [-0.1, -0.05) is 18.3 Å². The lowest BCUT2D eigenvalue weighted by Gasteiger charge is -2.24. The third-order valence-corrected chi connectivity index (χ3v) is 2.89. The topological polar surface area (TPSA) is 31.9 Å². The Bertz CT molecular complexity index is 302. The second-order valence-electron chi connectivity index (χ2n) is 3.18. The van der Waals surface area contributed by atoms with E-state index < -0.39 is 0 Å². The van der Waals surface area contributed by atoms with Gasteiger partial charge < -0.3 is 4.90 Å². The van der Waals surface area contributed by atoms with Crippen LogP contribution in [0.3, 0.4) is 0 Å². The van der Waals surface area contributed by atoms with Crippen molar-refractivity contribution in [3.05, 3.63) is 3.95 Å². The molecule has 0 aromatic carbocycles. The van der Waals surface area contributed by atoms with Crippen molar-refractivity contribution in [2.45, 2.75) is 33.2 Å². The van der Waals surface area contributed by atoms with Crippen LogP contribution < -0.4 is 4.90 Å². The van der Waals surface area contributed by atoms with Crippen molar-refractivity contribution in [3.8, 4) is 0 Å². The second-order valence-corrected chi connectivity index (χ2v) is 4.83. The molecule has 1 N–H and O–H groups in total. The molecule has 0 spiro atoms. The SMILES string of the molecule is CCCN(c1n[nH]c(=S)s1)C(C)C. The van der Waals surface area contributed by atoms with E-state index in [0.29, 0.717) is 6.04 Å². The number of hydrogen-bond donors (Lipinski definition) is 1. The molecule has 0 bridgehead atoms. The largest absolute Gasteiger partial charge is 0.344 e. The quantitative estimate of drug-likeness (QED) is 0.787. The van der Waals surface area contributed by atoms with E-state index in [0.717, 1.165) is 22.1 Å². The van der Waals surface area contributed by atoms with Crippen molar-refractivity contribution >= 4 is 28.7 Å². The van der Waals surface area contributed by atoms with E-state index in [1.165, 1.54) is 11.3 Å². The van der Waals surface area contributed by atoms with Gasteiger partial charge in [-0.25, -0.2) is 0 Å². The minimum Gasteiger partial charge on any atom is -0.344 e. The summed E-state index contributed by atoms with van der Waals surface area (Å²) in [5, 5.41) is 7.98. The zero-order chi connectivity index (χ0) is 9.84. The number of aromatic nitrogens is 2. The average Bonchev–Trinajstić information content (AvgIpc) is 2.46. The first-order valence-electron chi connectivity index (χ1n) is 4.47. The molecule has 0 radical (unpaired) electrons. The molecule has 1 aromatic heterocycles. The summed E-state index contributed by atoms with van der Waals surface area (Å²) in [4.78, 5) is 2.26. The fourth-order valence-corrected chi connectivity index (χ4v) is 2.20. The summed E-state index contributed by atoms with van der Waals surface area (Å²) < 4.78 is 0.747. The zero-order valence-corrected chi connectivity index (χ0v) is 9.84. The molecule has 1 aromatic rings. The number of nitrogens with one attached hydrogen (secondary N) is 1. The lowest BCUT2D eigenvalue weighted by Crippen LogP contribution is -2.31. The molecule has 0 amide bonds. The molecule has 0 aliphatic carbocycles. The van der Waals surface area contributed by atoms with Gasteiger partial charge in [0.25, 0.3) is 0 Å². The molecule has 0 aliphatic heterocycles. The summed E-state index contributed by atoms with van der Waals surface area (Å²) >= 11 is 6.53. The highest BCUT2D eigenvalue weighted by atomic mass is 32.1. The first kappa shape index (κ1) is 10.7. The molecule has 3 nitrogen and oxygen atoms in total. The van der Waals surface area contributed by atoms with Crippen LogP contribution in [0.5, 0.6) is 0 Å². The predicted octanol–water partition coefficient (Wildman–Crippen LogP) is 2.83. The number of H-pyrrole nitrogens is 1. The number of nitrogens with zero attached hydrogens (tertiary/aromatic N) is 2. The fraction of sp³-hybridized carbons (Fsp3) is 0.750. The van der Waals surface area contributed by atoms with E-state index in [9.17, 15) is 0 Å². The summed E-state index contributed by atoms with van der Waals surface area (Å²) in [5.74, 6) is 0. The molecule has 1 heterocycles. The van der Waals surface area contributed by atoms with Crippen LogP contribution in [0.25, 0.3) is 0 Å². The van der Waals surface area contributed by atoms with E-state index in [1.807, 2.05) is 0 Å². The Morgan fingerprint density at radius 3 is 2.69 bits per heavy atom. The predicted molar refractivity (Wildman–Crippen MR) is 60.1 cm³/mol. The average molecular weight is 217 g/mol. The molecular weight excluding hydrogens is 202 g/mol. The Labute approximate surface area is 87.8 Å². The molecule has 5 heteroatoms. The van der Waals surface area contributed by atoms with Gasteiger partial charge >= 0.3 is 0 Å². The Hall–Kier alpha value is -0.420. The molecule has 0 aliphatic rings. The highest BCUT2D eigenvalue weighted by Gasteiger charge is 2.12. The molecule has 0 unspecified atom stereocenters. The highest BCUT2D eigenvalue weighted by Crippen LogP contribution is 2.19. The maximum Gasteiger partial charge on any atom is 0.207 e. The maximum atomic E-state index is 5.00. The van der Waals surface area contributed by atoms with Gasteiger partial charge in [-0.05, 0) is 32.5 Å². The minimum atomic E-state index is 0.480. The lowest BCUT2D eigenvalue weighted by atomic mass is 10.3. The summed E-state index contributed by atoms with van der Waals surface area (Å²) in [5.41, 5.74) is 0. The smallest absolute Gasteiger partial charge is 0.207 e. The van der Waals surface area contributed by atoms with Gasteiger partial charge in [0.2, 0.25) is 5.13 Å². The van der Waals surface area contributed by atoms with Gasteiger partial charge in [0.15, 0.2) is 3.95 Å². The van der Waals surface area contributed by atoms with Gasteiger partial charge in [-0.3, -0.25) is 5.10 Å². The molecule has 0 atom stereocenters. The van der Waals surface area contributed by atoms with Crippen LogP contribution in [-0.2, 0) is 0 Å². The summed E-state index contributed by atoms with van der Waals surface area (Å²) in [6.45, 7) is 7.54. The van der Waals surface area contributed by atoms with E-state index in [4.69, 9.17) is 12.2 Å². The lowest BCUT2D eigenvalue weighted by molar-refractivity contribution is 0.665. The van der Waals surface area contributed by atoms with E-state index >= 15 is 0 Å². The number of rotatable bonds is 4. The van der Waals surface area contributed by atoms with Crippen LogP contribution in [0, 0.1) is 3.95 Å². The number of anilines is 1. The monoisotopic (exact) mass is 217 g/mol. The molecule has 0 fully saturated rings. The van der Waals surface area contributed by atoms with Gasteiger partial charge in [0.1, 0.15) is 0 Å². The van der Waals surface area contributed by atoms with Gasteiger partial charge in [-0.2, -0.15) is 0 Å². The van der Waals surface area contributed by atoms with E-state index in [-0.39, 0.29) is 0 Å². The summed E-state index contributed by atoms with van der Waals surface area (Å²) in [6.07, 6.45) is 1.13. The van der Waals surface area contributed by atoms with Crippen molar-refractivity contribution in [2.75, 3.05) is 11.4 Å². The molecular formula is C8H15N3S2. The Morgan fingerprint density at radius 1 is 1.62 bits per heavy atom. The minimum absolute atomic E-state index is 0.480. The second kappa shape index (κ2) is 4.72. The van der Waals surface area contributed by atoms with Crippen LogP contribution in [0.1, 0.15) is 27.2 Å². The summed E-state index contributed by atoms with van der Waals surface area (Å²) in [7, 11) is 0. The first-order chi connectivity index (χ1) is 6.15. The van der Waals surface area contributed by atoms with Crippen molar-refractivity contribution in [2.24, 2.45) is 0 Å². The van der Waals surface area contributed by atoms with Gasteiger partial charge in [0.05, 0.1) is 0 Å². The normalized spacial score (nSPS) is 10.8. The highest BCUT2D eigenvalue weighted by molar-refractivity contribution is 7.73. The van der Waals surface area contributed by atoms with Gasteiger partial charge in [-0.15, -0.1) is 5.10 Å². The molecule has 1 rings (SSSR count). The van der Waals surface area contributed by atoms with Crippen LogP contribution in [0.4, 0.5) is 5.13 Å². The molecule has 0 saturated carbocycles. The van der Waals surface area contributed by atoms with Gasteiger partial charge in [0, 0.05) is 12.6 Å². The zero-order valence-electron chi connectivity index (χ0n) is 8.20. The van der Waals surface area contributed by atoms with Crippen LogP contribution in [0.15, 0.2) is 0 Å². The van der Waals surface area contributed by atoms with E-state index in [2.05, 4.69) is 35.9 Å². The number of aromatic amines is 1. The third-order valence-electron chi connectivity index (χ3n) is 1.76. The third kappa shape index (κ3) is 2.77. The van der Waals surface area contributed by atoms with Crippen LogP contribution in [0.2, 0.25) is 0 Å². The number of hydrogen-bond acceptors (Lipinski definition) is 4. The first-order valence-corrected chi connectivity index (χ1v) is 5.69. The van der Waals surface area contributed by atoms with Crippen molar-refractivity contribution in [1.29, 1.82) is 0 Å². The standard InChI is InChI=1S/C8H15N3S2/c1-4-5-11(6(2)3)7-9-10-8(12)13-7/h6H,4-5H2,1-3H3,(H,10,12). The Kier molecular flexibility index (Phi) is 3.87. The Morgan fingerprint density at radius 2 is 2.31 bits per heavy atom. The maximum absolute atomic E-state index is 5.00. The molecule has 74 valence electrons. The van der Waals surface area contributed by atoms with Crippen molar-refractivity contribution in [3.63, 3.8) is 0 Å². The van der Waals surface area contributed by atoms with Crippen molar-refractivity contribution < 1.29 is 0 Å². The molecule has 0 saturated heterocycles. The fourth-order valence-electron chi connectivity index (χ4n) is 1.16. The summed E-state index contributed by atoms with van der Waals surface area (Å²) in [6, 6.07) is 0.480. The van der Waals surface area contributed by atoms with Crippen LogP contribution in [-0.4, -0.2) is 22.8 Å². The van der Waals surface area contributed by atoms with Crippen LogP contribution >= 0.6 is 23.6 Å². The van der Waals surface area contributed by atoms with E-state index in [1.54, 1.807) is 0 Å². The molecule has 13 heavy (non-hydrogen) atoms. The Balaban J connectivity index is 2.81. The van der Waals surface area contributed by atoms with Crippen molar-refractivity contribution in [1.82, 2.24) is 10.2 Å².